The standard InChI is InChI=1S/C13H9Cl4O/c1-18-13-8(7-5-3-2-4-6-7)9(14)10(15)11(16)12(13)17/h3-6H,2H2,1H3. The molecule has 0 fully saturated rings. The van der Waals surface area contributed by atoms with Crippen molar-refractivity contribution in [2.24, 2.45) is 0 Å². The SMILES string of the molecule is COc1c(Cl)c(Cl)c(Cl)c(Cl)c1C1=C[CH]CC=C1. The molecule has 1 aliphatic carbocycles. The third kappa shape index (κ3) is 2.37. The van der Waals surface area contributed by atoms with E-state index in [-0.39, 0.29) is 15.1 Å². The molecule has 0 aliphatic heterocycles. The molecule has 1 aliphatic rings. The Morgan fingerprint density at radius 2 is 1.67 bits per heavy atom. The van der Waals surface area contributed by atoms with Crippen LogP contribution in [-0.2, 0) is 0 Å². The molecule has 0 aromatic heterocycles. The Bertz CT molecular complexity index is 547. The molecule has 1 aromatic carbocycles. The largest absolute Gasteiger partial charge is 0.494 e. The topological polar surface area (TPSA) is 9.23 Å². The number of benzene rings is 1. The van der Waals surface area contributed by atoms with Crippen molar-refractivity contribution in [3.05, 3.63) is 50.3 Å². The van der Waals surface area contributed by atoms with Gasteiger partial charge >= 0.3 is 0 Å². The summed E-state index contributed by atoms with van der Waals surface area (Å²) < 4.78 is 5.30. The fraction of sp³-hybridized carbons (Fsp3) is 0.154. The maximum atomic E-state index is 6.24. The van der Waals surface area contributed by atoms with E-state index in [2.05, 4.69) is 0 Å². The normalized spacial score (nSPS) is 14.6. The van der Waals surface area contributed by atoms with E-state index in [0.29, 0.717) is 16.3 Å². The number of halogens is 4. The summed E-state index contributed by atoms with van der Waals surface area (Å²) in [4.78, 5) is 0. The summed E-state index contributed by atoms with van der Waals surface area (Å²) in [5.41, 5.74) is 1.55. The van der Waals surface area contributed by atoms with Gasteiger partial charge in [0.1, 0.15) is 10.8 Å². The van der Waals surface area contributed by atoms with Gasteiger partial charge in [0.15, 0.2) is 0 Å². The Morgan fingerprint density at radius 3 is 2.22 bits per heavy atom. The molecule has 0 unspecified atom stereocenters. The van der Waals surface area contributed by atoms with Crippen molar-refractivity contribution in [2.75, 3.05) is 7.11 Å². The summed E-state index contributed by atoms with van der Waals surface area (Å²) in [5.74, 6) is 0.433. The summed E-state index contributed by atoms with van der Waals surface area (Å²) in [6.45, 7) is 0. The molecule has 0 heterocycles. The van der Waals surface area contributed by atoms with Gasteiger partial charge in [-0.3, -0.25) is 0 Å². The Hall–Kier alpha value is -0.340. The fourth-order valence-corrected chi connectivity index (χ4v) is 2.77. The highest BCUT2D eigenvalue weighted by molar-refractivity contribution is 6.53. The number of hydrogen-bond acceptors (Lipinski definition) is 1. The van der Waals surface area contributed by atoms with Crippen LogP contribution >= 0.6 is 46.4 Å². The highest BCUT2D eigenvalue weighted by Gasteiger charge is 2.22. The number of rotatable bonds is 2. The predicted molar refractivity (Wildman–Crippen MR) is 79.1 cm³/mol. The minimum atomic E-state index is 0.202. The lowest BCUT2D eigenvalue weighted by Gasteiger charge is -2.17. The van der Waals surface area contributed by atoms with Crippen LogP contribution in [0.4, 0.5) is 0 Å². The Balaban J connectivity index is 2.72. The maximum Gasteiger partial charge on any atom is 0.148 e. The molecule has 0 amide bonds. The van der Waals surface area contributed by atoms with E-state index in [1.54, 1.807) is 0 Å². The lowest BCUT2D eigenvalue weighted by atomic mass is 9.98. The van der Waals surface area contributed by atoms with Gasteiger partial charge in [0, 0.05) is 5.56 Å². The van der Waals surface area contributed by atoms with E-state index in [4.69, 9.17) is 51.1 Å². The first kappa shape index (κ1) is 14.1. The summed E-state index contributed by atoms with van der Waals surface area (Å²) in [6, 6.07) is 0. The van der Waals surface area contributed by atoms with Crippen LogP contribution in [0.5, 0.6) is 5.75 Å². The van der Waals surface area contributed by atoms with Crippen LogP contribution in [0.25, 0.3) is 5.57 Å². The molecule has 5 heteroatoms. The molecule has 0 bridgehead atoms. The number of methoxy groups -OCH3 is 1. The van der Waals surface area contributed by atoms with Crippen LogP contribution in [0.1, 0.15) is 12.0 Å². The summed E-state index contributed by atoms with van der Waals surface area (Å²) in [5, 5.41) is 1.05. The van der Waals surface area contributed by atoms with Gasteiger partial charge < -0.3 is 4.74 Å². The molecule has 0 atom stereocenters. The van der Waals surface area contributed by atoms with E-state index in [0.717, 1.165) is 12.0 Å². The zero-order valence-corrected chi connectivity index (χ0v) is 12.5. The molecule has 0 saturated heterocycles. The van der Waals surface area contributed by atoms with Gasteiger partial charge in [-0.25, -0.2) is 0 Å². The van der Waals surface area contributed by atoms with Crippen molar-refractivity contribution in [3.63, 3.8) is 0 Å². The zero-order valence-electron chi connectivity index (χ0n) is 9.44. The molecule has 18 heavy (non-hydrogen) atoms. The second kappa shape index (κ2) is 5.75. The van der Waals surface area contributed by atoms with Gasteiger partial charge in [0.05, 0.1) is 22.2 Å². The number of hydrogen-bond donors (Lipinski definition) is 0. The van der Waals surface area contributed by atoms with Crippen molar-refractivity contribution in [3.8, 4) is 5.75 Å². The lowest BCUT2D eigenvalue weighted by molar-refractivity contribution is 0.414. The van der Waals surface area contributed by atoms with Crippen LogP contribution < -0.4 is 4.74 Å². The van der Waals surface area contributed by atoms with Crippen LogP contribution in [0.2, 0.25) is 20.1 Å². The molecule has 0 N–H and O–H groups in total. The molecule has 95 valence electrons. The second-order valence-electron chi connectivity index (χ2n) is 3.66. The zero-order chi connectivity index (χ0) is 13.3. The Kier molecular flexibility index (Phi) is 4.50. The molecule has 2 rings (SSSR count). The molecule has 1 nitrogen and oxygen atoms in total. The fourth-order valence-electron chi connectivity index (χ4n) is 1.75. The van der Waals surface area contributed by atoms with Gasteiger partial charge in [-0.05, 0) is 18.4 Å². The average Bonchev–Trinajstić information content (AvgIpc) is 2.41. The summed E-state index contributed by atoms with van der Waals surface area (Å²) >= 11 is 24.5. The van der Waals surface area contributed by atoms with Gasteiger partial charge in [-0.1, -0.05) is 64.6 Å². The summed E-state index contributed by atoms with van der Waals surface area (Å²) in [7, 11) is 1.52. The first-order valence-corrected chi connectivity index (χ1v) is 6.69. The van der Waals surface area contributed by atoms with E-state index >= 15 is 0 Å². The smallest absolute Gasteiger partial charge is 0.148 e. The lowest BCUT2D eigenvalue weighted by Crippen LogP contribution is -1.96. The van der Waals surface area contributed by atoms with Gasteiger partial charge in [-0.15, -0.1) is 0 Å². The van der Waals surface area contributed by atoms with Gasteiger partial charge in [-0.2, -0.15) is 0 Å². The van der Waals surface area contributed by atoms with Crippen molar-refractivity contribution < 1.29 is 4.74 Å². The Labute approximate surface area is 126 Å². The van der Waals surface area contributed by atoms with Crippen molar-refractivity contribution in [2.45, 2.75) is 6.42 Å². The minimum Gasteiger partial charge on any atom is -0.494 e. The molecule has 0 saturated carbocycles. The van der Waals surface area contributed by atoms with E-state index in [1.165, 1.54) is 7.11 Å². The van der Waals surface area contributed by atoms with E-state index in [9.17, 15) is 0 Å². The first-order valence-electron chi connectivity index (χ1n) is 5.18. The highest BCUT2D eigenvalue weighted by Crippen LogP contribution is 2.48. The Morgan fingerprint density at radius 1 is 1.00 bits per heavy atom. The summed E-state index contributed by atoms with van der Waals surface area (Å²) in [6.07, 6.45) is 8.82. The molecule has 1 aromatic rings. The molecule has 0 spiro atoms. The highest BCUT2D eigenvalue weighted by atomic mass is 35.5. The second-order valence-corrected chi connectivity index (χ2v) is 5.17. The third-order valence-corrected chi connectivity index (χ3v) is 4.37. The van der Waals surface area contributed by atoms with Gasteiger partial charge in [0.2, 0.25) is 0 Å². The van der Waals surface area contributed by atoms with Crippen LogP contribution in [0.3, 0.4) is 0 Å². The van der Waals surface area contributed by atoms with Crippen molar-refractivity contribution >= 4 is 52.0 Å². The van der Waals surface area contributed by atoms with Crippen LogP contribution in [-0.4, -0.2) is 7.11 Å². The molecular weight excluding hydrogens is 314 g/mol. The molecular formula is C13H9Cl4O. The number of ether oxygens (including phenoxy) is 1. The van der Waals surface area contributed by atoms with Crippen LogP contribution in [0, 0.1) is 6.42 Å². The van der Waals surface area contributed by atoms with Crippen LogP contribution in [0.15, 0.2) is 18.2 Å². The average molecular weight is 323 g/mol. The predicted octanol–water partition coefficient (Wildman–Crippen LogP) is 5.86. The van der Waals surface area contributed by atoms with Crippen molar-refractivity contribution in [1.82, 2.24) is 0 Å². The van der Waals surface area contributed by atoms with E-state index < -0.39 is 0 Å². The quantitative estimate of drug-likeness (QED) is 0.489. The monoisotopic (exact) mass is 321 g/mol. The maximum absolute atomic E-state index is 6.24. The van der Waals surface area contributed by atoms with Crippen molar-refractivity contribution in [1.29, 1.82) is 0 Å². The van der Waals surface area contributed by atoms with Gasteiger partial charge in [0.25, 0.3) is 0 Å². The molecule has 1 radical (unpaired) electrons. The van der Waals surface area contributed by atoms with E-state index in [1.807, 2.05) is 24.6 Å². The first-order chi connectivity index (χ1) is 8.57. The minimum absolute atomic E-state index is 0.202. The number of allylic oxidation sites excluding steroid dienone is 4. The third-order valence-electron chi connectivity index (χ3n) is 2.58.